The van der Waals surface area contributed by atoms with Crippen LogP contribution in [0.4, 0.5) is 0 Å². The van der Waals surface area contributed by atoms with E-state index in [1.165, 1.54) is 25.0 Å². The van der Waals surface area contributed by atoms with Crippen molar-refractivity contribution in [3.8, 4) is 0 Å². The summed E-state index contributed by atoms with van der Waals surface area (Å²) in [5.41, 5.74) is 1.17. The molecule has 0 radical (unpaired) electrons. The van der Waals surface area contributed by atoms with Gasteiger partial charge in [-0.2, -0.15) is 0 Å². The molecule has 0 N–H and O–H groups in total. The molecule has 2 aliphatic carbocycles. The largest absolute Gasteiger partial charge is 0.360 e. The minimum atomic E-state index is -0.0104. The first-order valence-corrected chi connectivity index (χ1v) is 8.43. The van der Waals surface area contributed by atoms with E-state index in [4.69, 9.17) is 4.74 Å². The summed E-state index contributed by atoms with van der Waals surface area (Å²) in [7, 11) is 0. The van der Waals surface area contributed by atoms with Crippen LogP contribution < -0.4 is 0 Å². The van der Waals surface area contributed by atoms with Crippen molar-refractivity contribution >= 4 is 11.8 Å². The molecule has 1 nitrogen and oxygen atoms in total. The summed E-state index contributed by atoms with van der Waals surface area (Å²) in [6, 6.07) is 0. The average molecular weight is 268 g/mol. The van der Waals surface area contributed by atoms with E-state index >= 15 is 0 Å². The lowest BCUT2D eigenvalue weighted by Gasteiger charge is -2.54. The number of thioether (sulfide) groups is 1. The van der Waals surface area contributed by atoms with Crippen LogP contribution in [0.5, 0.6) is 0 Å². The highest BCUT2D eigenvalue weighted by atomic mass is 32.2. The molecule has 104 valence electrons. The summed E-state index contributed by atoms with van der Waals surface area (Å²) in [5, 5.41) is 0. The first-order chi connectivity index (χ1) is 8.12. The Balaban J connectivity index is 1.91. The third kappa shape index (κ3) is 1.40. The van der Waals surface area contributed by atoms with E-state index in [0.717, 1.165) is 5.92 Å². The Kier molecular flexibility index (Phi) is 2.58. The van der Waals surface area contributed by atoms with Gasteiger partial charge in [0.25, 0.3) is 0 Å². The van der Waals surface area contributed by atoms with Crippen molar-refractivity contribution in [2.75, 3.05) is 5.75 Å². The minimum Gasteiger partial charge on any atom is -0.360 e. The molecule has 0 aromatic rings. The van der Waals surface area contributed by atoms with Crippen molar-refractivity contribution in [3.63, 3.8) is 0 Å². The Bertz CT molecular complexity index is 370. The molecule has 3 aliphatic rings. The van der Waals surface area contributed by atoms with Crippen LogP contribution in [0.25, 0.3) is 0 Å². The quantitative estimate of drug-likeness (QED) is 0.629. The van der Waals surface area contributed by atoms with Gasteiger partial charge in [-0.3, -0.25) is 0 Å². The fourth-order valence-corrected chi connectivity index (χ4v) is 6.32. The van der Waals surface area contributed by atoms with Gasteiger partial charge in [-0.05, 0) is 37.5 Å². The van der Waals surface area contributed by atoms with E-state index in [0.29, 0.717) is 16.9 Å². The zero-order valence-electron chi connectivity index (χ0n) is 12.8. The molecule has 0 aromatic carbocycles. The van der Waals surface area contributed by atoms with E-state index in [-0.39, 0.29) is 10.3 Å². The van der Waals surface area contributed by atoms with Crippen LogP contribution >= 0.6 is 11.8 Å². The van der Waals surface area contributed by atoms with Crippen LogP contribution in [0.2, 0.25) is 0 Å². The van der Waals surface area contributed by atoms with Gasteiger partial charge < -0.3 is 4.74 Å². The Hall–Kier alpha value is 0.310. The van der Waals surface area contributed by atoms with Gasteiger partial charge in [0.2, 0.25) is 0 Å². The number of ether oxygens (including phenoxy) is 1. The molecule has 2 heteroatoms. The molecule has 2 saturated carbocycles. The van der Waals surface area contributed by atoms with Gasteiger partial charge in [-0.15, -0.1) is 11.8 Å². The second-order valence-corrected chi connectivity index (χ2v) is 9.80. The highest BCUT2D eigenvalue weighted by Gasteiger charge is 2.68. The fourth-order valence-electron chi connectivity index (χ4n) is 4.47. The number of hydrogen-bond acceptors (Lipinski definition) is 2. The molecule has 0 aromatic heterocycles. The standard InChI is InChI=1S/C16H28OS/c1-13(2,3)15(6)17-12-9-11-7-8-16(12,10-18-15)14(11,4)5/h11-12H,7-10H2,1-6H3/t11-,12-,15-,16-/m1/s1. The molecular formula is C16H28OS. The lowest BCUT2D eigenvalue weighted by Crippen LogP contribution is -2.54. The van der Waals surface area contributed by atoms with Crippen LogP contribution in [0, 0.1) is 22.2 Å². The zero-order valence-corrected chi connectivity index (χ0v) is 13.6. The van der Waals surface area contributed by atoms with Gasteiger partial charge >= 0.3 is 0 Å². The molecule has 1 heterocycles. The number of rotatable bonds is 0. The topological polar surface area (TPSA) is 9.23 Å². The van der Waals surface area contributed by atoms with Crippen LogP contribution in [0.3, 0.4) is 0 Å². The van der Waals surface area contributed by atoms with Gasteiger partial charge in [0.1, 0.15) is 4.93 Å². The highest BCUT2D eigenvalue weighted by molar-refractivity contribution is 8.00. The monoisotopic (exact) mass is 268 g/mol. The first-order valence-electron chi connectivity index (χ1n) is 7.44. The predicted octanol–water partition coefficient (Wildman–Crippen LogP) is 4.71. The maximum absolute atomic E-state index is 6.69. The predicted molar refractivity (Wildman–Crippen MR) is 78.7 cm³/mol. The Morgan fingerprint density at radius 3 is 2.39 bits per heavy atom. The summed E-state index contributed by atoms with van der Waals surface area (Å²) in [4.78, 5) is -0.0104. The lowest BCUT2D eigenvalue weighted by atomic mass is 9.69. The maximum atomic E-state index is 6.69. The smallest absolute Gasteiger partial charge is 0.116 e. The Morgan fingerprint density at radius 1 is 1.17 bits per heavy atom. The summed E-state index contributed by atoms with van der Waals surface area (Å²) in [6.07, 6.45) is 4.64. The molecule has 2 bridgehead atoms. The molecule has 4 atom stereocenters. The van der Waals surface area contributed by atoms with Crippen molar-refractivity contribution in [1.82, 2.24) is 0 Å². The molecule has 1 saturated heterocycles. The van der Waals surface area contributed by atoms with Crippen molar-refractivity contribution < 1.29 is 4.74 Å². The molecule has 0 unspecified atom stereocenters. The SMILES string of the molecule is CC1(C)[C@@H]2CC[C@]13CS[C@](C)(C(C)(C)C)O[C@@H]3C2. The molecule has 1 aliphatic heterocycles. The van der Waals surface area contributed by atoms with Gasteiger partial charge in [0, 0.05) is 16.6 Å². The van der Waals surface area contributed by atoms with Crippen LogP contribution in [-0.4, -0.2) is 16.8 Å². The second-order valence-electron chi connectivity index (χ2n) is 8.44. The van der Waals surface area contributed by atoms with Gasteiger partial charge in [0.05, 0.1) is 6.10 Å². The zero-order chi connectivity index (χ0) is 13.4. The molecule has 3 fully saturated rings. The van der Waals surface area contributed by atoms with E-state index in [1.54, 1.807) is 0 Å². The van der Waals surface area contributed by atoms with Gasteiger partial charge in [-0.1, -0.05) is 34.6 Å². The number of hydrogen-bond donors (Lipinski definition) is 0. The van der Waals surface area contributed by atoms with Crippen molar-refractivity contribution in [3.05, 3.63) is 0 Å². The number of fused-ring (bicyclic) bond motifs is 1. The summed E-state index contributed by atoms with van der Waals surface area (Å²) in [5.74, 6) is 2.19. The molecule has 3 rings (SSSR count). The summed E-state index contributed by atoms with van der Waals surface area (Å²) < 4.78 is 6.69. The van der Waals surface area contributed by atoms with Gasteiger partial charge in [0.15, 0.2) is 0 Å². The minimum absolute atomic E-state index is 0.0104. The van der Waals surface area contributed by atoms with Crippen molar-refractivity contribution in [2.24, 2.45) is 22.2 Å². The third-order valence-corrected chi connectivity index (χ3v) is 8.61. The highest BCUT2D eigenvalue weighted by Crippen LogP contribution is 2.71. The van der Waals surface area contributed by atoms with E-state index in [2.05, 4.69) is 53.3 Å². The third-order valence-electron chi connectivity index (χ3n) is 6.69. The lowest BCUT2D eigenvalue weighted by molar-refractivity contribution is -0.141. The molecule has 1 spiro atoms. The average Bonchev–Trinajstić information content (AvgIpc) is 2.60. The van der Waals surface area contributed by atoms with Crippen LogP contribution in [0.15, 0.2) is 0 Å². The van der Waals surface area contributed by atoms with Crippen molar-refractivity contribution in [1.29, 1.82) is 0 Å². The van der Waals surface area contributed by atoms with E-state index < -0.39 is 0 Å². The maximum Gasteiger partial charge on any atom is 0.116 e. The fraction of sp³-hybridized carbons (Fsp3) is 1.00. The molecule has 18 heavy (non-hydrogen) atoms. The molecular weight excluding hydrogens is 240 g/mol. The summed E-state index contributed by atoms with van der Waals surface area (Å²) >= 11 is 2.08. The normalized spacial score (nSPS) is 50.3. The second kappa shape index (κ2) is 3.49. The van der Waals surface area contributed by atoms with Gasteiger partial charge in [-0.25, -0.2) is 0 Å². The van der Waals surface area contributed by atoms with E-state index in [1.807, 2.05) is 0 Å². The van der Waals surface area contributed by atoms with Crippen LogP contribution in [0.1, 0.15) is 60.8 Å². The Morgan fingerprint density at radius 2 is 1.83 bits per heavy atom. The molecule has 0 amide bonds. The summed E-state index contributed by atoms with van der Waals surface area (Å²) in [6.45, 7) is 14.2. The van der Waals surface area contributed by atoms with Crippen molar-refractivity contribution in [2.45, 2.75) is 71.8 Å². The van der Waals surface area contributed by atoms with E-state index in [9.17, 15) is 0 Å². The van der Waals surface area contributed by atoms with Crippen LogP contribution in [-0.2, 0) is 4.74 Å². The first kappa shape index (κ1) is 13.3. The Labute approximate surface area is 116 Å².